The highest BCUT2D eigenvalue weighted by Crippen LogP contribution is 2.38. The number of carbonyl (C=O) groups is 1. The van der Waals surface area contributed by atoms with Crippen molar-refractivity contribution >= 4 is 17.9 Å². The monoisotopic (exact) mass is 359 g/mol. The zero-order valence-electron chi connectivity index (χ0n) is 15.7. The fourth-order valence-corrected chi connectivity index (χ4v) is 4.08. The molecular weight excluding hydrogens is 326 g/mol. The molecule has 1 aliphatic rings. The number of hydrogen-bond donors (Lipinski definition) is 2. The number of carboxylic acids is 1. The molecule has 0 saturated heterocycles. The number of aliphatic carboxylic acids is 1. The van der Waals surface area contributed by atoms with Crippen LogP contribution in [-0.4, -0.2) is 28.5 Å². The van der Waals surface area contributed by atoms with Gasteiger partial charge < -0.3 is 10.2 Å². The number of nitrogens with zero attached hydrogens (tertiary/aromatic N) is 1. The summed E-state index contributed by atoms with van der Waals surface area (Å²) in [5, 5.41) is 18.9. The first-order valence-electron chi connectivity index (χ1n) is 10.1. The van der Waals surface area contributed by atoms with Gasteiger partial charge in [0.15, 0.2) is 0 Å². The van der Waals surface area contributed by atoms with Gasteiger partial charge in [-0.1, -0.05) is 37.5 Å². The molecule has 4 nitrogen and oxygen atoms in total. The lowest BCUT2D eigenvalue weighted by Crippen LogP contribution is -2.19. The molecule has 0 radical (unpaired) electrons. The number of aliphatic imine (C=N–C) groups is 1. The van der Waals surface area contributed by atoms with Crippen LogP contribution in [0, 0.1) is 11.8 Å². The molecule has 4 heteroatoms. The van der Waals surface area contributed by atoms with Gasteiger partial charge in [-0.25, -0.2) is 0 Å². The third-order valence-corrected chi connectivity index (χ3v) is 5.52. The molecule has 0 heterocycles. The van der Waals surface area contributed by atoms with Crippen LogP contribution in [0.15, 0.2) is 35.3 Å². The van der Waals surface area contributed by atoms with Gasteiger partial charge in [-0.3, -0.25) is 9.79 Å². The first-order chi connectivity index (χ1) is 12.7. The standard InChI is InChI=1S/C22H33NO3/c24-21-16-15-18(20(21)13-6-1-2-7-14-22(25)26)10-8-9-17-23-19-11-4-3-5-12-19/h3-5,11-12,17-18,20-21,24H,1-2,6-10,13-16H2,(H,25,26)/t18-,20+,21-/m0/s1. The second-order valence-electron chi connectivity index (χ2n) is 7.49. The molecule has 1 aromatic carbocycles. The molecule has 26 heavy (non-hydrogen) atoms. The summed E-state index contributed by atoms with van der Waals surface area (Å²) >= 11 is 0. The normalized spacial score (nSPS) is 22.9. The van der Waals surface area contributed by atoms with Crippen molar-refractivity contribution in [2.75, 3.05) is 0 Å². The van der Waals surface area contributed by atoms with E-state index in [1.165, 1.54) is 6.42 Å². The van der Waals surface area contributed by atoms with Crippen LogP contribution < -0.4 is 0 Å². The number of carboxylic acid groups (broad SMARTS) is 1. The Balaban J connectivity index is 1.61. The zero-order valence-corrected chi connectivity index (χ0v) is 15.7. The lowest BCUT2D eigenvalue weighted by molar-refractivity contribution is -0.137. The minimum Gasteiger partial charge on any atom is -0.481 e. The van der Waals surface area contributed by atoms with E-state index in [4.69, 9.17) is 5.11 Å². The summed E-state index contributed by atoms with van der Waals surface area (Å²) in [7, 11) is 0. The van der Waals surface area contributed by atoms with Crippen LogP contribution in [0.25, 0.3) is 0 Å². The van der Waals surface area contributed by atoms with E-state index in [0.717, 1.165) is 63.5 Å². The Morgan fingerprint density at radius 1 is 1.04 bits per heavy atom. The summed E-state index contributed by atoms with van der Waals surface area (Å²) in [6.45, 7) is 0. The van der Waals surface area contributed by atoms with E-state index >= 15 is 0 Å². The molecule has 2 rings (SSSR count). The molecular formula is C22H33NO3. The molecule has 0 unspecified atom stereocenters. The molecule has 2 N–H and O–H groups in total. The van der Waals surface area contributed by atoms with Crippen LogP contribution in [0.2, 0.25) is 0 Å². The van der Waals surface area contributed by atoms with Crippen molar-refractivity contribution in [3.05, 3.63) is 30.3 Å². The van der Waals surface area contributed by atoms with Gasteiger partial charge in [-0.05, 0) is 68.9 Å². The lowest BCUT2D eigenvalue weighted by Gasteiger charge is -2.22. The van der Waals surface area contributed by atoms with Gasteiger partial charge in [0.25, 0.3) is 0 Å². The second-order valence-corrected chi connectivity index (χ2v) is 7.49. The van der Waals surface area contributed by atoms with Gasteiger partial charge in [0, 0.05) is 12.6 Å². The molecule has 0 amide bonds. The predicted octanol–water partition coefficient (Wildman–Crippen LogP) is 5.37. The molecule has 1 aromatic rings. The van der Waals surface area contributed by atoms with Gasteiger partial charge in [0.1, 0.15) is 0 Å². The molecule has 3 atom stereocenters. The Bertz CT molecular complexity index is 544. The van der Waals surface area contributed by atoms with Crippen molar-refractivity contribution in [2.24, 2.45) is 16.8 Å². The number of hydrogen-bond acceptors (Lipinski definition) is 3. The number of para-hydroxylation sites is 1. The summed E-state index contributed by atoms with van der Waals surface area (Å²) in [4.78, 5) is 15.0. The quantitative estimate of drug-likeness (QED) is 0.389. The average Bonchev–Trinajstić information content (AvgIpc) is 2.98. The van der Waals surface area contributed by atoms with Crippen molar-refractivity contribution in [2.45, 2.75) is 76.7 Å². The van der Waals surface area contributed by atoms with E-state index < -0.39 is 5.97 Å². The maximum Gasteiger partial charge on any atom is 0.303 e. The first kappa shape index (κ1) is 20.6. The van der Waals surface area contributed by atoms with Crippen LogP contribution in [0.3, 0.4) is 0 Å². The highest BCUT2D eigenvalue weighted by atomic mass is 16.4. The van der Waals surface area contributed by atoms with Crippen LogP contribution >= 0.6 is 0 Å². The minimum atomic E-state index is -0.702. The number of unbranched alkanes of at least 4 members (excludes halogenated alkanes) is 4. The van der Waals surface area contributed by atoms with Crippen LogP contribution in [0.1, 0.15) is 70.6 Å². The average molecular weight is 360 g/mol. The van der Waals surface area contributed by atoms with E-state index in [0.29, 0.717) is 11.8 Å². The molecule has 1 fully saturated rings. The summed E-state index contributed by atoms with van der Waals surface area (Å²) < 4.78 is 0. The maximum atomic E-state index is 10.5. The van der Waals surface area contributed by atoms with E-state index in [-0.39, 0.29) is 12.5 Å². The van der Waals surface area contributed by atoms with Crippen molar-refractivity contribution in [1.29, 1.82) is 0 Å². The van der Waals surface area contributed by atoms with Crippen LogP contribution in [0.5, 0.6) is 0 Å². The van der Waals surface area contributed by atoms with Gasteiger partial charge in [0.05, 0.1) is 11.8 Å². The van der Waals surface area contributed by atoms with Crippen molar-refractivity contribution < 1.29 is 15.0 Å². The fraction of sp³-hybridized carbons (Fsp3) is 0.636. The van der Waals surface area contributed by atoms with E-state index in [1.54, 1.807) is 0 Å². The number of aliphatic hydroxyl groups is 1. The van der Waals surface area contributed by atoms with Gasteiger partial charge in [-0.2, -0.15) is 0 Å². The summed E-state index contributed by atoms with van der Waals surface area (Å²) in [5.41, 5.74) is 1.00. The molecule has 0 aliphatic heterocycles. The Kier molecular flexibility index (Phi) is 9.40. The lowest BCUT2D eigenvalue weighted by atomic mass is 9.86. The van der Waals surface area contributed by atoms with Crippen molar-refractivity contribution in [1.82, 2.24) is 0 Å². The van der Waals surface area contributed by atoms with E-state index in [9.17, 15) is 9.90 Å². The number of rotatable bonds is 12. The number of benzene rings is 1. The Morgan fingerprint density at radius 2 is 1.81 bits per heavy atom. The van der Waals surface area contributed by atoms with Crippen molar-refractivity contribution in [3.63, 3.8) is 0 Å². The van der Waals surface area contributed by atoms with Gasteiger partial charge >= 0.3 is 5.97 Å². The Hall–Kier alpha value is -1.68. The molecule has 1 aliphatic carbocycles. The first-order valence-corrected chi connectivity index (χ1v) is 10.1. The zero-order chi connectivity index (χ0) is 18.6. The molecule has 0 aromatic heterocycles. The van der Waals surface area contributed by atoms with Gasteiger partial charge in [-0.15, -0.1) is 0 Å². The van der Waals surface area contributed by atoms with E-state index in [1.807, 2.05) is 36.5 Å². The fourth-order valence-electron chi connectivity index (χ4n) is 4.08. The number of aliphatic hydroxyl groups excluding tert-OH is 1. The van der Waals surface area contributed by atoms with Crippen LogP contribution in [-0.2, 0) is 4.79 Å². The maximum absolute atomic E-state index is 10.5. The van der Waals surface area contributed by atoms with Crippen LogP contribution in [0.4, 0.5) is 5.69 Å². The third kappa shape index (κ3) is 7.69. The summed E-state index contributed by atoms with van der Waals surface area (Å²) in [6, 6.07) is 10.0. The summed E-state index contributed by atoms with van der Waals surface area (Å²) in [6.07, 6.45) is 12.5. The Labute approximate surface area is 157 Å². The summed E-state index contributed by atoms with van der Waals surface area (Å²) in [5.74, 6) is 0.363. The molecule has 144 valence electrons. The molecule has 0 spiro atoms. The predicted molar refractivity (Wildman–Crippen MR) is 106 cm³/mol. The van der Waals surface area contributed by atoms with Crippen molar-refractivity contribution in [3.8, 4) is 0 Å². The highest BCUT2D eigenvalue weighted by molar-refractivity contribution is 5.66. The largest absolute Gasteiger partial charge is 0.481 e. The minimum absolute atomic E-state index is 0.142. The van der Waals surface area contributed by atoms with E-state index in [2.05, 4.69) is 4.99 Å². The second kappa shape index (κ2) is 11.8. The topological polar surface area (TPSA) is 69.9 Å². The third-order valence-electron chi connectivity index (χ3n) is 5.52. The van der Waals surface area contributed by atoms with Gasteiger partial charge in [0.2, 0.25) is 0 Å². The smallest absolute Gasteiger partial charge is 0.303 e. The highest BCUT2D eigenvalue weighted by Gasteiger charge is 2.33. The SMILES string of the molecule is O=C(O)CCCCCC[C@@H]1[C@@H](CCCC=Nc2ccccc2)CC[C@@H]1O. The molecule has 1 saturated carbocycles. The Morgan fingerprint density at radius 3 is 2.58 bits per heavy atom. The molecule has 0 bridgehead atoms.